The highest BCUT2D eigenvalue weighted by molar-refractivity contribution is 5.90. The highest BCUT2D eigenvalue weighted by Crippen LogP contribution is 2.24. The standard InChI is InChI=1S/C13H20N4O2/c1-9-5-13(19-16-9)15-12(18)8-17-6-10-3-2-4-14-11(10)7-17/h5,10-11,14H,2-4,6-8H2,1H3,(H,15,18). The van der Waals surface area contributed by atoms with Crippen molar-refractivity contribution in [2.45, 2.75) is 25.8 Å². The molecule has 2 N–H and O–H groups in total. The van der Waals surface area contributed by atoms with Crippen LogP contribution in [0.4, 0.5) is 5.88 Å². The van der Waals surface area contributed by atoms with Crippen LogP contribution < -0.4 is 10.6 Å². The Balaban J connectivity index is 1.50. The fraction of sp³-hybridized carbons (Fsp3) is 0.692. The number of hydrogen-bond donors (Lipinski definition) is 2. The van der Waals surface area contributed by atoms with E-state index in [0.717, 1.165) is 25.3 Å². The lowest BCUT2D eigenvalue weighted by molar-refractivity contribution is -0.117. The third-order valence-corrected chi connectivity index (χ3v) is 3.93. The van der Waals surface area contributed by atoms with Gasteiger partial charge >= 0.3 is 0 Å². The van der Waals surface area contributed by atoms with E-state index in [9.17, 15) is 4.79 Å². The van der Waals surface area contributed by atoms with Crippen LogP contribution in [0.2, 0.25) is 0 Å². The van der Waals surface area contributed by atoms with E-state index in [1.165, 1.54) is 12.8 Å². The number of nitrogens with one attached hydrogen (secondary N) is 2. The van der Waals surface area contributed by atoms with Gasteiger partial charge in [0.25, 0.3) is 0 Å². The normalized spacial score (nSPS) is 27.2. The molecule has 0 spiro atoms. The molecule has 0 aliphatic carbocycles. The van der Waals surface area contributed by atoms with E-state index in [2.05, 4.69) is 20.7 Å². The Labute approximate surface area is 112 Å². The van der Waals surface area contributed by atoms with Crippen LogP contribution in [0.1, 0.15) is 18.5 Å². The first kappa shape index (κ1) is 12.6. The minimum Gasteiger partial charge on any atom is -0.338 e. The van der Waals surface area contributed by atoms with Gasteiger partial charge in [-0.15, -0.1) is 0 Å². The van der Waals surface area contributed by atoms with Crippen molar-refractivity contribution in [3.05, 3.63) is 11.8 Å². The Morgan fingerprint density at radius 1 is 1.63 bits per heavy atom. The molecule has 0 aromatic carbocycles. The summed E-state index contributed by atoms with van der Waals surface area (Å²) in [6.07, 6.45) is 2.52. The van der Waals surface area contributed by atoms with E-state index >= 15 is 0 Å². The SMILES string of the molecule is Cc1cc(NC(=O)CN2CC3CCCNC3C2)on1. The first-order chi connectivity index (χ1) is 9.20. The number of carbonyl (C=O) groups is 1. The van der Waals surface area contributed by atoms with E-state index in [1.807, 2.05) is 6.92 Å². The van der Waals surface area contributed by atoms with Gasteiger partial charge in [-0.1, -0.05) is 5.16 Å². The van der Waals surface area contributed by atoms with Crippen molar-refractivity contribution in [1.29, 1.82) is 0 Å². The topological polar surface area (TPSA) is 70.4 Å². The second-order valence-corrected chi connectivity index (χ2v) is 5.54. The van der Waals surface area contributed by atoms with Crippen molar-refractivity contribution < 1.29 is 9.32 Å². The quantitative estimate of drug-likeness (QED) is 0.837. The molecule has 0 saturated carbocycles. The lowest BCUT2D eigenvalue weighted by Gasteiger charge is -2.24. The number of anilines is 1. The molecule has 1 amide bonds. The maximum Gasteiger partial charge on any atom is 0.240 e. The molecule has 2 saturated heterocycles. The summed E-state index contributed by atoms with van der Waals surface area (Å²) >= 11 is 0. The zero-order chi connectivity index (χ0) is 13.2. The second kappa shape index (κ2) is 5.30. The molecule has 104 valence electrons. The highest BCUT2D eigenvalue weighted by Gasteiger charge is 2.34. The number of carbonyl (C=O) groups excluding carboxylic acids is 1. The van der Waals surface area contributed by atoms with Gasteiger partial charge in [0.2, 0.25) is 11.8 Å². The molecule has 1 aromatic heterocycles. The third kappa shape index (κ3) is 2.96. The van der Waals surface area contributed by atoms with E-state index in [1.54, 1.807) is 6.07 Å². The van der Waals surface area contributed by atoms with E-state index in [-0.39, 0.29) is 5.91 Å². The molecule has 2 aliphatic heterocycles. The molecule has 2 fully saturated rings. The minimum atomic E-state index is -0.0326. The second-order valence-electron chi connectivity index (χ2n) is 5.54. The lowest BCUT2D eigenvalue weighted by Crippen LogP contribution is -2.41. The average Bonchev–Trinajstić information content (AvgIpc) is 2.94. The summed E-state index contributed by atoms with van der Waals surface area (Å²) in [5.41, 5.74) is 0.770. The predicted molar refractivity (Wildman–Crippen MR) is 70.8 cm³/mol. The fourth-order valence-corrected chi connectivity index (χ4v) is 3.07. The highest BCUT2D eigenvalue weighted by atomic mass is 16.5. The smallest absolute Gasteiger partial charge is 0.240 e. The molecule has 6 nitrogen and oxygen atoms in total. The number of hydrogen-bond acceptors (Lipinski definition) is 5. The van der Waals surface area contributed by atoms with Gasteiger partial charge in [0, 0.05) is 25.2 Å². The molecule has 1 aromatic rings. The van der Waals surface area contributed by atoms with Gasteiger partial charge in [-0.05, 0) is 32.2 Å². The lowest BCUT2D eigenvalue weighted by atomic mass is 9.94. The number of likely N-dealkylation sites (tertiary alicyclic amines) is 1. The summed E-state index contributed by atoms with van der Waals surface area (Å²) in [5.74, 6) is 1.10. The van der Waals surface area contributed by atoms with Crippen LogP contribution in [0.3, 0.4) is 0 Å². The summed E-state index contributed by atoms with van der Waals surface area (Å²) in [5, 5.41) is 10.0. The van der Waals surface area contributed by atoms with Gasteiger partial charge in [0.05, 0.1) is 12.2 Å². The Hall–Kier alpha value is -1.40. The number of aryl methyl sites for hydroxylation is 1. The Morgan fingerprint density at radius 2 is 2.53 bits per heavy atom. The van der Waals surface area contributed by atoms with Crippen molar-refractivity contribution in [1.82, 2.24) is 15.4 Å². The minimum absolute atomic E-state index is 0.0326. The van der Waals surface area contributed by atoms with Crippen molar-refractivity contribution in [2.24, 2.45) is 5.92 Å². The molecular weight excluding hydrogens is 244 g/mol. The van der Waals surface area contributed by atoms with E-state index in [4.69, 9.17) is 4.52 Å². The maximum absolute atomic E-state index is 11.9. The summed E-state index contributed by atoms with van der Waals surface area (Å²) < 4.78 is 4.98. The van der Waals surface area contributed by atoms with E-state index < -0.39 is 0 Å². The van der Waals surface area contributed by atoms with Crippen molar-refractivity contribution in [3.63, 3.8) is 0 Å². The average molecular weight is 264 g/mol. The Bertz CT molecular complexity index is 445. The summed E-state index contributed by atoms with van der Waals surface area (Å²) in [6.45, 7) is 5.34. The van der Waals surface area contributed by atoms with Crippen molar-refractivity contribution in [3.8, 4) is 0 Å². The van der Waals surface area contributed by atoms with Crippen LogP contribution >= 0.6 is 0 Å². The van der Waals surface area contributed by atoms with Gasteiger partial charge in [-0.25, -0.2) is 0 Å². The molecule has 3 rings (SSSR count). The molecule has 2 atom stereocenters. The molecule has 2 aliphatic rings. The zero-order valence-corrected chi connectivity index (χ0v) is 11.2. The van der Waals surface area contributed by atoms with Crippen LogP contribution in [-0.2, 0) is 4.79 Å². The van der Waals surface area contributed by atoms with Crippen LogP contribution in [0.25, 0.3) is 0 Å². The van der Waals surface area contributed by atoms with Gasteiger partial charge in [-0.2, -0.15) is 0 Å². The number of amides is 1. The van der Waals surface area contributed by atoms with Gasteiger partial charge in [-0.3, -0.25) is 15.0 Å². The van der Waals surface area contributed by atoms with Crippen LogP contribution in [0, 0.1) is 12.8 Å². The molecule has 0 radical (unpaired) electrons. The molecule has 3 heterocycles. The molecule has 0 bridgehead atoms. The van der Waals surface area contributed by atoms with Crippen LogP contribution in [0.5, 0.6) is 0 Å². The fourth-order valence-electron chi connectivity index (χ4n) is 3.07. The molecule has 2 unspecified atom stereocenters. The summed E-state index contributed by atoms with van der Waals surface area (Å²) in [7, 11) is 0. The molecular formula is C13H20N4O2. The first-order valence-corrected chi connectivity index (χ1v) is 6.89. The van der Waals surface area contributed by atoms with E-state index in [0.29, 0.717) is 24.4 Å². The third-order valence-electron chi connectivity index (χ3n) is 3.93. The van der Waals surface area contributed by atoms with Crippen LogP contribution in [-0.4, -0.2) is 48.2 Å². The maximum atomic E-state index is 11.9. The monoisotopic (exact) mass is 264 g/mol. The van der Waals surface area contributed by atoms with Gasteiger partial charge in [0.1, 0.15) is 0 Å². The first-order valence-electron chi connectivity index (χ1n) is 6.89. The number of fused-ring (bicyclic) bond motifs is 1. The molecule has 19 heavy (non-hydrogen) atoms. The Kier molecular flexibility index (Phi) is 3.52. The number of rotatable bonds is 3. The largest absolute Gasteiger partial charge is 0.338 e. The zero-order valence-electron chi connectivity index (χ0n) is 11.2. The predicted octanol–water partition coefficient (Wildman–Crippen LogP) is 0.605. The Morgan fingerprint density at radius 3 is 3.26 bits per heavy atom. The summed E-state index contributed by atoms with van der Waals surface area (Å²) in [6, 6.07) is 2.29. The van der Waals surface area contributed by atoms with Crippen molar-refractivity contribution in [2.75, 3.05) is 31.5 Å². The number of nitrogens with zero attached hydrogens (tertiary/aromatic N) is 2. The summed E-state index contributed by atoms with van der Waals surface area (Å²) in [4.78, 5) is 14.1. The van der Waals surface area contributed by atoms with Crippen molar-refractivity contribution >= 4 is 11.8 Å². The van der Waals surface area contributed by atoms with Gasteiger partial charge < -0.3 is 9.84 Å². The number of aromatic nitrogens is 1. The van der Waals surface area contributed by atoms with Gasteiger partial charge in [0.15, 0.2) is 0 Å². The van der Waals surface area contributed by atoms with Crippen LogP contribution in [0.15, 0.2) is 10.6 Å². The molecule has 6 heteroatoms. The number of piperidine rings is 1.